The number of aryl methyl sites for hydroxylation is 1. The van der Waals surface area contributed by atoms with Gasteiger partial charge in [-0.1, -0.05) is 55.1 Å². The summed E-state index contributed by atoms with van der Waals surface area (Å²) < 4.78 is 5.97. The van der Waals surface area contributed by atoms with Gasteiger partial charge in [-0.25, -0.2) is 0 Å². The van der Waals surface area contributed by atoms with Crippen LogP contribution in [0, 0.1) is 6.92 Å². The Morgan fingerprint density at radius 1 is 0.818 bits per heavy atom. The van der Waals surface area contributed by atoms with Gasteiger partial charge in [-0.15, -0.1) is 0 Å². The van der Waals surface area contributed by atoms with Crippen LogP contribution < -0.4 is 0 Å². The predicted molar refractivity (Wildman–Crippen MR) is 93.0 cm³/mol. The van der Waals surface area contributed by atoms with Gasteiger partial charge >= 0.3 is 0 Å². The van der Waals surface area contributed by atoms with E-state index in [9.17, 15) is 0 Å². The molecule has 0 aliphatic heterocycles. The zero-order valence-electron chi connectivity index (χ0n) is 12.5. The van der Waals surface area contributed by atoms with Crippen molar-refractivity contribution in [3.05, 3.63) is 90.0 Å². The minimum absolute atomic E-state index is 0.911. The number of furan rings is 1. The lowest BCUT2D eigenvalue weighted by atomic mass is 9.95. The Morgan fingerprint density at radius 2 is 1.55 bits per heavy atom. The number of hydrogen-bond donors (Lipinski definition) is 0. The predicted octanol–water partition coefficient (Wildman–Crippen LogP) is 5.96. The summed E-state index contributed by atoms with van der Waals surface area (Å²) in [5, 5.41) is 2.31. The van der Waals surface area contributed by atoms with Crippen LogP contribution in [0.1, 0.15) is 16.7 Å². The van der Waals surface area contributed by atoms with Crippen molar-refractivity contribution in [2.45, 2.75) is 6.92 Å². The summed E-state index contributed by atoms with van der Waals surface area (Å²) in [5.74, 6) is 0. The second kappa shape index (κ2) is 4.88. The highest BCUT2D eigenvalue weighted by molar-refractivity contribution is 6.05. The number of fused-ring (bicyclic) bond motifs is 3. The number of para-hydroxylation sites is 1. The van der Waals surface area contributed by atoms with E-state index >= 15 is 0 Å². The molecule has 0 atom stereocenters. The van der Waals surface area contributed by atoms with Gasteiger partial charge in [0.2, 0.25) is 0 Å². The SMILES string of the molecule is C=C(c1ccc2c(c1)oc1ccccc12)c1ccccc1C. The Labute approximate surface area is 129 Å². The Bertz CT molecular complexity index is 1000. The average Bonchev–Trinajstić information content (AvgIpc) is 2.92. The molecule has 1 nitrogen and oxygen atoms in total. The highest BCUT2D eigenvalue weighted by atomic mass is 16.3. The molecule has 0 spiro atoms. The molecule has 4 rings (SSSR count). The van der Waals surface area contributed by atoms with Gasteiger partial charge in [0, 0.05) is 10.8 Å². The number of hydrogen-bond acceptors (Lipinski definition) is 1. The second-order valence-corrected chi connectivity index (χ2v) is 5.60. The first kappa shape index (κ1) is 12.9. The first-order valence-corrected chi connectivity index (χ1v) is 7.40. The van der Waals surface area contributed by atoms with Gasteiger partial charge in [-0.3, -0.25) is 0 Å². The molecular weight excluding hydrogens is 268 g/mol. The van der Waals surface area contributed by atoms with Crippen molar-refractivity contribution in [1.82, 2.24) is 0 Å². The lowest BCUT2D eigenvalue weighted by Gasteiger charge is -2.09. The maximum atomic E-state index is 5.97. The van der Waals surface area contributed by atoms with Crippen LogP contribution in [0.5, 0.6) is 0 Å². The fraction of sp³-hybridized carbons (Fsp3) is 0.0476. The van der Waals surface area contributed by atoms with Crippen molar-refractivity contribution < 1.29 is 4.42 Å². The molecule has 0 bridgehead atoms. The van der Waals surface area contributed by atoms with E-state index in [4.69, 9.17) is 4.42 Å². The van der Waals surface area contributed by atoms with E-state index in [0.717, 1.165) is 33.1 Å². The van der Waals surface area contributed by atoms with Crippen molar-refractivity contribution >= 4 is 27.5 Å². The zero-order valence-corrected chi connectivity index (χ0v) is 12.5. The maximum absolute atomic E-state index is 5.97. The van der Waals surface area contributed by atoms with E-state index in [1.54, 1.807) is 0 Å². The smallest absolute Gasteiger partial charge is 0.136 e. The third kappa shape index (κ3) is 1.94. The summed E-state index contributed by atoms with van der Waals surface area (Å²) in [5.41, 5.74) is 6.38. The molecule has 0 saturated carbocycles. The van der Waals surface area contributed by atoms with Gasteiger partial charge in [0.15, 0.2) is 0 Å². The quantitative estimate of drug-likeness (QED) is 0.443. The maximum Gasteiger partial charge on any atom is 0.136 e. The fourth-order valence-electron chi connectivity index (χ4n) is 2.98. The highest BCUT2D eigenvalue weighted by Crippen LogP contribution is 2.32. The second-order valence-electron chi connectivity index (χ2n) is 5.60. The lowest BCUT2D eigenvalue weighted by molar-refractivity contribution is 0.669. The first-order chi connectivity index (χ1) is 10.7. The molecule has 0 unspecified atom stereocenters. The van der Waals surface area contributed by atoms with Crippen molar-refractivity contribution in [2.75, 3.05) is 0 Å². The molecule has 0 aliphatic carbocycles. The van der Waals surface area contributed by atoms with Crippen LogP contribution in [0.15, 0.2) is 77.7 Å². The summed E-state index contributed by atoms with van der Waals surface area (Å²) in [6.45, 7) is 6.39. The topological polar surface area (TPSA) is 13.1 Å². The van der Waals surface area contributed by atoms with Gasteiger partial charge in [0.25, 0.3) is 0 Å². The summed E-state index contributed by atoms with van der Waals surface area (Å²) in [6, 6.07) is 22.8. The normalized spacial score (nSPS) is 11.1. The van der Waals surface area contributed by atoms with E-state index in [-0.39, 0.29) is 0 Å². The summed E-state index contributed by atoms with van der Waals surface area (Å²) in [7, 11) is 0. The Balaban J connectivity index is 1.88. The van der Waals surface area contributed by atoms with Crippen molar-refractivity contribution in [3.63, 3.8) is 0 Å². The molecule has 1 heteroatoms. The van der Waals surface area contributed by atoms with Crippen molar-refractivity contribution in [3.8, 4) is 0 Å². The molecular formula is C21H16O. The standard InChI is InChI=1S/C21H16O/c1-14-7-3-4-8-17(14)15(2)16-11-12-19-18-9-5-6-10-20(18)22-21(19)13-16/h3-13H,2H2,1H3. The van der Waals surface area contributed by atoms with Gasteiger partial charge in [-0.05, 0) is 47.4 Å². The lowest BCUT2D eigenvalue weighted by Crippen LogP contribution is -1.89. The van der Waals surface area contributed by atoms with Crippen LogP contribution in [0.2, 0.25) is 0 Å². The zero-order chi connectivity index (χ0) is 15.1. The van der Waals surface area contributed by atoms with Gasteiger partial charge in [-0.2, -0.15) is 0 Å². The van der Waals surface area contributed by atoms with Gasteiger partial charge in [0.1, 0.15) is 11.2 Å². The van der Waals surface area contributed by atoms with Crippen LogP contribution in [0.25, 0.3) is 27.5 Å². The summed E-state index contributed by atoms with van der Waals surface area (Å²) in [4.78, 5) is 0. The van der Waals surface area contributed by atoms with E-state index in [0.29, 0.717) is 0 Å². The highest BCUT2D eigenvalue weighted by Gasteiger charge is 2.10. The average molecular weight is 284 g/mol. The van der Waals surface area contributed by atoms with Crippen LogP contribution in [0.3, 0.4) is 0 Å². The van der Waals surface area contributed by atoms with E-state index in [2.05, 4.69) is 56.0 Å². The molecule has 3 aromatic carbocycles. The third-order valence-corrected chi connectivity index (χ3v) is 4.20. The minimum atomic E-state index is 0.911. The molecule has 0 N–H and O–H groups in total. The Kier molecular flexibility index (Phi) is 2.87. The van der Waals surface area contributed by atoms with Crippen LogP contribution >= 0.6 is 0 Å². The molecule has 4 aromatic rings. The molecule has 0 aliphatic rings. The van der Waals surface area contributed by atoms with E-state index in [1.807, 2.05) is 24.3 Å². The van der Waals surface area contributed by atoms with Crippen molar-refractivity contribution in [1.29, 1.82) is 0 Å². The Morgan fingerprint density at radius 3 is 2.41 bits per heavy atom. The Hall–Kier alpha value is -2.80. The summed E-state index contributed by atoms with van der Waals surface area (Å²) in [6.07, 6.45) is 0. The first-order valence-electron chi connectivity index (χ1n) is 7.40. The van der Waals surface area contributed by atoms with Gasteiger partial charge in [0.05, 0.1) is 0 Å². The number of benzene rings is 3. The molecule has 0 fully saturated rings. The summed E-state index contributed by atoms with van der Waals surface area (Å²) >= 11 is 0. The largest absolute Gasteiger partial charge is 0.456 e. The molecule has 106 valence electrons. The minimum Gasteiger partial charge on any atom is -0.456 e. The van der Waals surface area contributed by atoms with E-state index < -0.39 is 0 Å². The van der Waals surface area contributed by atoms with Crippen LogP contribution in [0.4, 0.5) is 0 Å². The monoisotopic (exact) mass is 284 g/mol. The third-order valence-electron chi connectivity index (χ3n) is 4.20. The molecule has 0 saturated heterocycles. The van der Waals surface area contributed by atoms with E-state index in [1.165, 1.54) is 11.1 Å². The molecule has 0 radical (unpaired) electrons. The van der Waals surface area contributed by atoms with Crippen molar-refractivity contribution in [2.24, 2.45) is 0 Å². The fourth-order valence-corrected chi connectivity index (χ4v) is 2.98. The molecule has 22 heavy (non-hydrogen) atoms. The number of rotatable bonds is 2. The molecule has 0 amide bonds. The van der Waals surface area contributed by atoms with Crippen LogP contribution in [-0.2, 0) is 0 Å². The molecule has 1 heterocycles. The van der Waals surface area contributed by atoms with Gasteiger partial charge < -0.3 is 4.42 Å². The van der Waals surface area contributed by atoms with Crippen LogP contribution in [-0.4, -0.2) is 0 Å². The molecule has 1 aromatic heterocycles.